The highest BCUT2D eigenvalue weighted by Gasteiger charge is 2.36. The predicted molar refractivity (Wildman–Crippen MR) is 84.0 cm³/mol. The molecule has 0 aromatic heterocycles. The maximum atomic E-state index is 13.1. The number of carbonyl (C=O) groups excluding carboxylic acids is 1. The normalized spacial score (nSPS) is 24.3. The molecule has 126 valence electrons. The third-order valence-corrected chi connectivity index (χ3v) is 4.63. The van der Waals surface area contributed by atoms with E-state index in [2.05, 4.69) is 10.6 Å². The van der Waals surface area contributed by atoms with Gasteiger partial charge >= 0.3 is 6.09 Å². The van der Waals surface area contributed by atoms with Crippen molar-refractivity contribution in [2.75, 3.05) is 18.4 Å². The molecular weight excluding hydrogens is 302 g/mol. The monoisotopic (exact) mass is 324 g/mol. The van der Waals surface area contributed by atoms with Gasteiger partial charge in [0.05, 0.1) is 0 Å². The van der Waals surface area contributed by atoms with E-state index in [4.69, 9.17) is 4.74 Å². The summed E-state index contributed by atoms with van der Waals surface area (Å²) in [6.07, 6.45) is 0.141. The number of halogens is 2. The van der Waals surface area contributed by atoms with E-state index in [0.717, 1.165) is 19.5 Å². The second-order valence-corrected chi connectivity index (χ2v) is 6.40. The number of amides is 1. The standard InChI is InChI=1S/C17H22F2N2O2/c18-17(19)8-5-15(6-9-17)23-16(22)21-14-3-1-12(2-4-14)13-7-10-20-11-13/h1-4,13,15,20H,5-11H2,(H,21,22)/t13-/m1/s1. The van der Waals surface area contributed by atoms with Gasteiger partial charge in [-0.25, -0.2) is 13.6 Å². The summed E-state index contributed by atoms with van der Waals surface area (Å²) in [6.45, 7) is 2.03. The minimum absolute atomic E-state index is 0.213. The van der Waals surface area contributed by atoms with E-state index < -0.39 is 18.1 Å². The lowest BCUT2D eigenvalue weighted by Crippen LogP contribution is -2.31. The number of ether oxygens (including phenoxy) is 1. The summed E-state index contributed by atoms with van der Waals surface area (Å²) in [7, 11) is 0. The Morgan fingerprint density at radius 1 is 1.17 bits per heavy atom. The first kappa shape index (κ1) is 16.2. The van der Waals surface area contributed by atoms with Gasteiger partial charge in [0.25, 0.3) is 0 Å². The van der Waals surface area contributed by atoms with Gasteiger partial charge in [-0.3, -0.25) is 5.32 Å². The Bertz CT molecular complexity index is 532. The smallest absolute Gasteiger partial charge is 0.411 e. The highest BCUT2D eigenvalue weighted by Crippen LogP contribution is 2.34. The van der Waals surface area contributed by atoms with Crippen LogP contribution in [-0.4, -0.2) is 31.2 Å². The van der Waals surface area contributed by atoms with Crippen molar-refractivity contribution in [3.05, 3.63) is 29.8 Å². The fourth-order valence-corrected chi connectivity index (χ4v) is 3.21. The molecule has 1 aromatic carbocycles. The Morgan fingerprint density at radius 3 is 2.48 bits per heavy atom. The van der Waals surface area contributed by atoms with Crippen LogP contribution in [0.4, 0.5) is 19.3 Å². The van der Waals surface area contributed by atoms with Gasteiger partial charge in [0.15, 0.2) is 0 Å². The fourth-order valence-electron chi connectivity index (χ4n) is 3.21. The number of alkyl halides is 2. The Hall–Kier alpha value is -1.69. The SMILES string of the molecule is O=C(Nc1ccc([C@@H]2CCNC2)cc1)OC1CCC(F)(F)CC1. The molecule has 1 amide bonds. The maximum Gasteiger partial charge on any atom is 0.411 e. The molecule has 0 unspecified atom stereocenters. The van der Waals surface area contributed by atoms with Crippen molar-refractivity contribution in [3.8, 4) is 0 Å². The van der Waals surface area contributed by atoms with Gasteiger partial charge in [0.1, 0.15) is 6.10 Å². The summed E-state index contributed by atoms with van der Waals surface area (Å²) < 4.78 is 31.4. The van der Waals surface area contributed by atoms with Crippen LogP contribution in [0.15, 0.2) is 24.3 Å². The number of nitrogens with one attached hydrogen (secondary N) is 2. The molecule has 0 bridgehead atoms. The molecule has 1 aliphatic heterocycles. The highest BCUT2D eigenvalue weighted by molar-refractivity contribution is 5.84. The van der Waals surface area contributed by atoms with E-state index in [-0.39, 0.29) is 25.7 Å². The molecule has 4 nitrogen and oxygen atoms in total. The van der Waals surface area contributed by atoms with Crippen LogP contribution in [0, 0.1) is 0 Å². The van der Waals surface area contributed by atoms with E-state index >= 15 is 0 Å². The average Bonchev–Trinajstić information content (AvgIpc) is 3.04. The van der Waals surface area contributed by atoms with Gasteiger partial charge < -0.3 is 10.1 Å². The van der Waals surface area contributed by atoms with E-state index in [9.17, 15) is 13.6 Å². The van der Waals surface area contributed by atoms with Crippen molar-refractivity contribution < 1.29 is 18.3 Å². The zero-order chi connectivity index (χ0) is 16.3. The molecule has 2 fully saturated rings. The van der Waals surface area contributed by atoms with Crippen LogP contribution in [0.25, 0.3) is 0 Å². The molecule has 6 heteroatoms. The predicted octanol–water partition coefficient (Wildman–Crippen LogP) is 3.89. The Balaban J connectivity index is 1.48. The first-order chi connectivity index (χ1) is 11.0. The summed E-state index contributed by atoms with van der Waals surface area (Å²) in [5.41, 5.74) is 1.91. The lowest BCUT2D eigenvalue weighted by Gasteiger charge is -2.27. The van der Waals surface area contributed by atoms with Crippen LogP contribution in [0.5, 0.6) is 0 Å². The molecule has 1 aliphatic carbocycles. The van der Waals surface area contributed by atoms with E-state index in [0.29, 0.717) is 11.6 Å². The molecule has 1 atom stereocenters. The first-order valence-corrected chi connectivity index (χ1v) is 8.18. The number of carbonyl (C=O) groups is 1. The summed E-state index contributed by atoms with van der Waals surface area (Å²) in [4.78, 5) is 11.9. The summed E-state index contributed by atoms with van der Waals surface area (Å²) in [5.74, 6) is -2.08. The molecule has 0 spiro atoms. The van der Waals surface area contributed by atoms with Crippen molar-refractivity contribution in [2.24, 2.45) is 0 Å². The third kappa shape index (κ3) is 4.41. The minimum atomic E-state index is -2.61. The van der Waals surface area contributed by atoms with Gasteiger partial charge in [-0.2, -0.15) is 0 Å². The number of hydrogen-bond donors (Lipinski definition) is 2. The maximum absolute atomic E-state index is 13.1. The Labute approximate surface area is 134 Å². The zero-order valence-corrected chi connectivity index (χ0v) is 13.0. The van der Waals surface area contributed by atoms with Crippen molar-refractivity contribution in [1.29, 1.82) is 0 Å². The van der Waals surface area contributed by atoms with Gasteiger partial charge in [0, 0.05) is 25.1 Å². The molecule has 1 saturated heterocycles. The van der Waals surface area contributed by atoms with Crippen molar-refractivity contribution in [3.63, 3.8) is 0 Å². The molecule has 3 rings (SSSR count). The first-order valence-electron chi connectivity index (χ1n) is 8.18. The lowest BCUT2D eigenvalue weighted by molar-refractivity contribution is -0.0642. The van der Waals surface area contributed by atoms with Crippen LogP contribution in [0.3, 0.4) is 0 Å². The molecule has 2 N–H and O–H groups in total. The molecule has 1 heterocycles. The second kappa shape index (κ2) is 6.83. The van der Waals surface area contributed by atoms with Gasteiger partial charge in [-0.1, -0.05) is 12.1 Å². The quantitative estimate of drug-likeness (QED) is 0.887. The van der Waals surface area contributed by atoms with Crippen LogP contribution < -0.4 is 10.6 Å². The van der Waals surface area contributed by atoms with E-state index in [1.165, 1.54) is 5.56 Å². The lowest BCUT2D eigenvalue weighted by atomic mass is 9.94. The molecule has 23 heavy (non-hydrogen) atoms. The van der Waals surface area contributed by atoms with Gasteiger partial charge in [0.2, 0.25) is 5.92 Å². The molecule has 1 aromatic rings. The molecule has 0 radical (unpaired) electrons. The topological polar surface area (TPSA) is 50.4 Å². The van der Waals surface area contributed by atoms with Gasteiger partial charge in [-0.05, 0) is 49.4 Å². The fraction of sp³-hybridized carbons (Fsp3) is 0.588. The van der Waals surface area contributed by atoms with E-state index in [1.807, 2.05) is 24.3 Å². The summed E-state index contributed by atoms with van der Waals surface area (Å²) >= 11 is 0. The van der Waals surface area contributed by atoms with Crippen LogP contribution in [0.2, 0.25) is 0 Å². The molecular formula is C17H22F2N2O2. The Morgan fingerprint density at radius 2 is 1.87 bits per heavy atom. The van der Waals surface area contributed by atoms with E-state index in [1.54, 1.807) is 0 Å². The van der Waals surface area contributed by atoms with Crippen molar-refractivity contribution >= 4 is 11.8 Å². The highest BCUT2D eigenvalue weighted by atomic mass is 19.3. The molecule has 1 saturated carbocycles. The van der Waals surface area contributed by atoms with Crippen LogP contribution >= 0.6 is 0 Å². The minimum Gasteiger partial charge on any atom is -0.446 e. The number of rotatable bonds is 3. The number of benzene rings is 1. The summed E-state index contributed by atoms with van der Waals surface area (Å²) in [5, 5.41) is 5.99. The number of hydrogen-bond acceptors (Lipinski definition) is 3. The van der Waals surface area contributed by atoms with Gasteiger partial charge in [-0.15, -0.1) is 0 Å². The summed E-state index contributed by atoms with van der Waals surface area (Å²) in [6, 6.07) is 7.72. The largest absolute Gasteiger partial charge is 0.446 e. The zero-order valence-electron chi connectivity index (χ0n) is 13.0. The van der Waals surface area contributed by atoms with Crippen LogP contribution in [0.1, 0.15) is 43.6 Å². The second-order valence-electron chi connectivity index (χ2n) is 6.40. The van der Waals surface area contributed by atoms with Crippen molar-refractivity contribution in [1.82, 2.24) is 5.32 Å². The third-order valence-electron chi connectivity index (χ3n) is 4.63. The Kier molecular flexibility index (Phi) is 4.80. The average molecular weight is 324 g/mol. The molecule has 2 aliphatic rings. The van der Waals surface area contributed by atoms with Crippen molar-refractivity contribution in [2.45, 2.75) is 50.0 Å². The van der Waals surface area contributed by atoms with Crippen LogP contribution in [-0.2, 0) is 4.74 Å². The number of anilines is 1.